The van der Waals surface area contributed by atoms with Gasteiger partial charge < -0.3 is 14.5 Å². The van der Waals surface area contributed by atoms with Crippen molar-refractivity contribution >= 4 is 35.1 Å². The van der Waals surface area contributed by atoms with Crippen LogP contribution < -0.4 is 10.2 Å². The zero-order valence-electron chi connectivity index (χ0n) is 22.5. The van der Waals surface area contributed by atoms with Crippen LogP contribution in [-0.4, -0.2) is 54.5 Å². The van der Waals surface area contributed by atoms with Gasteiger partial charge in [0.2, 0.25) is 5.91 Å². The fourth-order valence-electron chi connectivity index (χ4n) is 5.75. The van der Waals surface area contributed by atoms with Crippen molar-refractivity contribution in [3.63, 3.8) is 0 Å². The summed E-state index contributed by atoms with van der Waals surface area (Å²) in [6.07, 6.45) is 1.16. The van der Waals surface area contributed by atoms with Gasteiger partial charge in [0.15, 0.2) is 6.10 Å². The van der Waals surface area contributed by atoms with Gasteiger partial charge in [0, 0.05) is 42.0 Å². The molecule has 40 heavy (non-hydrogen) atoms. The number of nitrogens with zero attached hydrogens (tertiary/aromatic N) is 2. The van der Waals surface area contributed by atoms with Crippen molar-refractivity contribution in [1.29, 1.82) is 0 Å². The minimum atomic E-state index is -0.583. The molecule has 3 aliphatic heterocycles. The van der Waals surface area contributed by atoms with Gasteiger partial charge in [0.25, 0.3) is 0 Å². The average molecular weight is 567 g/mol. The van der Waals surface area contributed by atoms with E-state index in [2.05, 4.69) is 5.32 Å². The van der Waals surface area contributed by atoms with Crippen LogP contribution in [0.3, 0.4) is 0 Å². The Kier molecular flexibility index (Phi) is 8.71. The Bertz CT molecular complexity index is 1330. The van der Waals surface area contributed by atoms with E-state index in [1.807, 2.05) is 24.3 Å². The Balaban J connectivity index is 1.23. The Hall–Kier alpha value is -3.43. The van der Waals surface area contributed by atoms with E-state index in [1.165, 1.54) is 30.0 Å². The molecule has 3 aliphatic rings. The van der Waals surface area contributed by atoms with Crippen LogP contribution in [0.25, 0.3) is 0 Å². The van der Waals surface area contributed by atoms with Crippen LogP contribution in [0.5, 0.6) is 0 Å². The Labute approximate surface area is 237 Å². The van der Waals surface area contributed by atoms with Crippen molar-refractivity contribution in [3.8, 4) is 0 Å². The molecule has 0 aliphatic carbocycles. The molecule has 0 radical (unpaired) electrons. The summed E-state index contributed by atoms with van der Waals surface area (Å²) in [4.78, 5) is 27.2. The lowest BCUT2D eigenvalue weighted by Crippen LogP contribution is -2.65. The number of anilines is 2. The molecule has 1 atom stereocenters. The number of carbonyl (C=O) groups is 2. The monoisotopic (exact) mass is 566 g/mol. The topological polar surface area (TPSA) is 58.6 Å². The fraction of sp³-hybridized carbons (Fsp3) is 0.355. The van der Waals surface area contributed by atoms with E-state index >= 15 is 0 Å². The van der Waals surface area contributed by atoms with Crippen LogP contribution in [0.1, 0.15) is 25.3 Å². The van der Waals surface area contributed by atoms with Crippen molar-refractivity contribution in [2.75, 3.05) is 42.1 Å². The molecular weight excluding hydrogens is 532 g/mol. The number of rotatable bonds is 9. The van der Waals surface area contributed by atoms with Crippen LogP contribution in [0.2, 0.25) is 0 Å². The number of fused-ring (bicyclic) bond motifs is 3. The van der Waals surface area contributed by atoms with Gasteiger partial charge in [-0.1, -0.05) is 24.3 Å². The first-order valence-corrected chi connectivity index (χ1v) is 14.6. The number of amides is 2. The fourth-order valence-corrected chi connectivity index (χ4v) is 6.79. The number of piperidine rings is 3. The summed E-state index contributed by atoms with van der Waals surface area (Å²) in [7, 11) is 0. The number of quaternary nitrogens is 1. The molecule has 2 amide bonds. The zero-order valence-corrected chi connectivity index (χ0v) is 23.3. The molecule has 3 heterocycles. The van der Waals surface area contributed by atoms with Gasteiger partial charge in [-0.2, -0.15) is 0 Å². The molecule has 210 valence electrons. The van der Waals surface area contributed by atoms with E-state index < -0.39 is 11.9 Å². The van der Waals surface area contributed by atoms with Gasteiger partial charge in [0.05, 0.1) is 31.9 Å². The highest BCUT2D eigenvalue weighted by atomic mass is 32.2. The number of benzene rings is 3. The van der Waals surface area contributed by atoms with E-state index in [9.17, 15) is 18.4 Å². The quantitative estimate of drug-likeness (QED) is 0.238. The average Bonchev–Trinajstić information content (AvgIpc) is 2.94. The maximum absolute atomic E-state index is 14.8. The van der Waals surface area contributed by atoms with Crippen molar-refractivity contribution in [3.05, 3.63) is 90.0 Å². The van der Waals surface area contributed by atoms with E-state index in [1.54, 1.807) is 42.1 Å². The Morgan fingerprint density at radius 2 is 1.70 bits per heavy atom. The molecule has 1 unspecified atom stereocenters. The molecule has 1 N–H and O–H groups in total. The number of hydrogen-bond acceptors (Lipinski definition) is 4. The minimum Gasteiger partial charge on any atom is -0.440 e. The second-order valence-corrected chi connectivity index (χ2v) is 11.8. The van der Waals surface area contributed by atoms with Gasteiger partial charge in [-0.05, 0) is 54.1 Å². The lowest BCUT2D eigenvalue weighted by atomic mass is 9.83. The van der Waals surface area contributed by atoms with Crippen LogP contribution in [0.4, 0.5) is 25.0 Å². The number of hydrogen-bond donors (Lipinski definition) is 1. The van der Waals surface area contributed by atoms with Crippen molar-refractivity contribution in [1.82, 2.24) is 0 Å². The third-order valence-corrected chi connectivity index (χ3v) is 8.91. The standard InChI is InChI=1S/C31H33F2N3O3S/c1-22(37)34-26-10-12-27(13-11-26)40-19-18-36-16-14-24(15-17-36)30(21-36)39-31(38)35(29-5-3-2-4-28(29)33)20-23-6-8-25(32)9-7-23/h2-13,24,30H,14-21H2,1H3/p+1. The largest absolute Gasteiger partial charge is 0.440 e. The predicted molar refractivity (Wildman–Crippen MR) is 153 cm³/mol. The molecular formula is C31H34F2N3O3S+. The van der Waals surface area contributed by atoms with Gasteiger partial charge in [-0.3, -0.25) is 9.69 Å². The second-order valence-electron chi connectivity index (χ2n) is 10.7. The van der Waals surface area contributed by atoms with Crippen LogP contribution in [0.15, 0.2) is 77.7 Å². The molecule has 9 heteroatoms. The van der Waals surface area contributed by atoms with Crippen LogP contribution >= 0.6 is 11.8 Å². The molecule has 0 saturated carbocycles. The number of nitrogens with one attached hydrogen (secondary N) is 1. The van der Waals surface area contributed by atoms with Gasteiger partial charge in [0.1, 0.15) is 18.2 Å². The number of halogens is 2. The highest BCUT2D eigenvalue weighted by Gasteiger charge is 2.47. The molecule has 3 aromatic carbocycles. The number of para-hydroxylation sites is 1. The number of carbonyl (C=O) groups excluding carboxylic acids is 2. The van der Waals surface area contributed by atoms with E-state index in [4.69, 9.17) is 4.74 Å². The minimum absolute atomic E-state index is 0.0782. The van der Waals surface area contributed by atoms with Crippen molar-refractivity contribution < 1.29 is 27.6 Å². The lowest BCUT2D eigenvalue weighted by Gasteiger charge is -2.52. The smallest absolute Gasteiger partial charge is 0.415 e. The van der Waals surface area contributed by atoms with E-state index in [-0.39, 0.29) is 30.1 Å². The highest BCUT2D eigenvalue weighted by Crippen LogP contribution is 2.37. The SMILES string of the molecule is CC(=O)Nc1ccc(SCC[N+]23CCC(CC2)C(OC(=O)N(Cc2ccc(F)cc2)c2ccccc2F)C3)cc1. The van der Waals surface area contributed by atoms with Crippen LogP contribution in [-0.2, 0) is 16.1 Å². The summed E-state index contributed by atoms with van der Waals surface area (Å²) in [5, 5.41) is 2.79. The number of ether oxygens (including phenoxy) is 1. The molecule has 6 rings (SSSR count). The molecule has 3 aromatic rings. The summed E-state index contributed by atoms with van der Waals surface area (Å²) in [6, 6.07) is 19.8. The highest BCUT2D eigenvalue weighted by molar-refractivity contribution is 7.99. The van der Waals surface area contributed by atoms with Gasteiger partial charge in [-0.25, -0.2) is 13.6 Å². The first-order chi connectivity index (χ1) is 19.3. The summed E-state index contributed by atoms with van der Waals surface area (Å²) in [5.41, 5.74) is 1.61. The zero-order chi connectivity index (χ0) is 28.1. The molecule has 6 nitrogen and oxygen atoms in total. The van der Waals surface area contributed by atoms with Crippen molar-refractivity contribution in [2.24, 2.45) is 5.92 Å². The summed E-state index contributed by atoms with van der Waals surface area (Å²) >= 11 is 1.78. The predicted octanol–water partition coefficient (Wildman–Crippen LogP) is 6.47. The van der Waals surface area contributed by atoms with Crippen LogP contribution in [0, 0.1) is 17.6 Å². The summed E-state index contributed by atoms with van der Waals surface area (Å²) in [5.74, 6) is 0.251. The maximum atomic E-state index is 14.8. The first kappa shape index (κ1) is 28.1. The third kappa shape index (κ3) is 6.82. The maximum Gasteiger partial charge on any atom is 0.415 e. The molecule has 3 saturated heterocycles. The first-order valence-electron chi connectivity index (χ1n) is 13.6. The Morgan fingerprint density at radius 1 is 1.00 bits per heavy atom. The normalized spacial score (nSPS) is 21.6. The van der Waals surface area contributed by atoms with Gasteiger partial charge in [-0.15, -0.1) is 11.8 Å². The Morgan fingerprint density at radius 3 is 2.38 bits per heavy atom. The number of thioether (sulfide) groups is 1. The van der Waals surface area contributed by atoms with E-state index in [0.29, 0.717) is 11.5 Å². The molecule has 0 aromatic heterocycles. The lowest BCUT2D eigenvalue weighted by molar-refractivity contribution is -0.943. The van der Waals surface area contributed by atoms with Crippen molar-refractivity contribution in [2.45, 2.75) is 37.3 Å². The summed E-state index contributed by atoms with van der Waals surface area (Å²) < 4.78 is 35.3. The van der Waals surface area contributed by atoms with Gasteiger partial charge >= 0.3 is 6.09 Å². The summed E-state index contributed by atoms with van der Waals surface area (Å²) in [6.45, 7) is 5.41. The second kappa shape index (κ2) is 12.4. The molecule has 3 fully saturated rings. The molecule has 0 spiro atoms. The molecule has 2 bridgehead atoms. The third-order valence-electron chi connectivity index (χ3n) is 7.92. The van der Waals surface area contributed by atoms with E-state index in [0.717, 1.165) is 59.8 Å².